The molecule has 0 saturated carbocycles. The van der Waals surface area contributed by atoms with E-state index in [0.29, 0.717) is 0 Å². The average molecular weight is 310 g/mol. The highest BCUT2D eigenvalue weighted by atomic mass is 16.5. The van der Waals surface area contributed by atoms with Crippen molar-refractivity contribution in [3.8, 4) is 11.5 Å². The summed E-state index contributed by atoms with van der Waals surface area (Å²) in [7, 11) is 0. The summed E-state index contributed by atoms with van der Waals surface area (Å²) in [6.45, 7) is 2.70. The first kappa shape index (κ1) is 15.6. The molecule has 1 amide bonds. The molecule has 0 spiro atoms. The van der Waals surface area contributed by atoms with Crippen LogP contribution in [0.2, 0.25) is 0 Å². The van der Waals surface area contributed by atoms with Crippen LogP contribution in [0.25, 0.3) is 0 Å². The van der Waals surface area contributed by atoms with Crippen LogP contribution in [-0.4, -0.2) is 23.9 Å². The van der Waals surface area contributed by atoms with Gasteiger partial charge in [-0.1, -0.05) is 30.3 Å². The minimum atomic E-state index is -0.164. The van der Waals surface area contributed by atoms with Gasteiger partial charge in [-0.05, 0) is 55.8 Å². The molecule has 2 N–H and O–H groups in total. The summed E-state index contributed by atoms with van der Waals surface area (Å²) < 4.78 is 5.88. The van der Waals surface area contributed by atoms with E-state index in [1.54, 1.807) is 0 Å². The fourth-order valence-corrected chi connectivity index (χ4v) is 2.97. The lowest BCUT2D eigenvalue weighted by atomic mass is 9.96. The predicted molar refractivity (Wildman–Crippen MR) is 90.2 cm³/mol. The van der Waals surface area contributed by atoms with Gasteiger partial charge in [-0.25, -0.2) is 0 Å². The molecule has 0 unspecified atom stereocenters. The maximum absolute atomic E-state index is 11.2. The Labute approximate surface area is 136 Å². The van der Waals surface area contributed by atoms with Crippen molar-refractivity contribution in [2.45, 2.75) is 19.4 Å². The third-order valence-corrected chi connectivity index (χ3v) is 4.27. The maximum Gasteiger partial charge on any atom is 0.220 e. The Morgan fingerprint density at radius 1 is 1.04 bits per heavy atom. The largest absolute Gasteiger partial charge is 0.457 e. The molecule has 1 saturated heterocycles. The molecule has 2 aromatic carbocycles. The molecule has 4 nitrogen and oxygen atoms in total. The van der Waals surface area contributed by atoms with Crippen LogP contribution in [0.3, 0.4) is 0 Å². The minimum Gasteiger partial charge on any atom is -0.457 e. The number of hydrogen-bond acceptors (Lipinski definition) is 3. The zero-order chi connectivity index (χ0) is 16.1. The second kappa shape index (κ2) is 7.29. The van der Waals surface area contributed by atoms with Crippen LogP contribution >= 0.6 is 0 Å². The van der Waals surface area contributed by atoms with Crippen LogP contribution in [0.1, 0.15) is 18.4 Å². The Balaban J connectivity index is 1.59. The number of nitrogens with zero attached hydrogens (tertiary/aromatic N) is 1. The highest BCUT2D eigenvalue weighted by Gasteiger charge is 2.22. The number of benzene rings is 2. The molecule has 23 heavy (non-hydrogen) atoms. The van der Waals surface area contributed by atoms with Crippen LogP contribution < -0.4 is 10.5 Å². The van der Waals surface area contributed by atoms with Gasteiger partial charge in [-0.3, -0.25) is 9.69 Å². The Kier molecular flexibility index (Phi) is 4.93. The molecular formula is C19H22N2O2. The second-order valence-corrected chi connectivity index (χ2v) is 6.02. The topological polar surface area (TPSA) is 55.6 Å². The van der Waals surface area contributed by atoms with Crippen molar-refractivity contribution in [1.82, 2.24) is 4.90 Å². The first-order valence-electron chi connectivity index (χ1n) is 8.04. The molecule has 4 heteroatoms. The van der Waals surface area contributed by atoms with E-state index in [0.717, 1.165) is 44.0 Å². The molecule has 0 radical (unpaired) electrons. The van der Waals surface area contributed by atoms with Gasteiger partial charge in [0.15, 0.2) is 0 Å². The SMILES string of the molecule is NC(=O)C1CCN(Cc2cccc(Oc3ccccc3)c2)CC1. The van der Waals surface area contributed by atoms with Crippen LogP contribution in [0, 0.1) is 5.92 Å². The quantitative estimate of drug-likeness (QED) is 0.923. The van der Waals surface area contributed by atoms with Crippen molar-refractivity contribution in [2.24, 2.45) is 11.7 Å². The summed E-state index contributed by atoms with van der Waals surface area (Å²) in [5.41, 5.74) is 6.60. The lowest BCUT2D eigenvalue weighted by molar-refractivity contribution is -0.123. The molecule has 1 fully saturated rings. The van der Waals surface area contributed by atoms with Crippen LogP contribution in [0.4, 0.5) is 0 Å². The third kappa shape index (κ3) is 4.33. The van der Waals surface area contributed by atoms with Gasteiger partial charge in [0.2, 0.25) is 5.91 Å². The number of piperidine rings is 1. The van der Waals surface area contributed by atoms with Crippen molar-refractivity contribution in [3.05, 3.63) is 60.2 Å². The molecule has 0 bridgehead atoms. The maximum atomic E-state index is 11.2. The summed E-state index contributed by atoms with van der Waals surface area (Å²) in [4.78, 5) is 13.6. The van der Waals surface area contributed by atoms with Gasteiger partial charge in [0.05, 0.1) is 0 Å². The van der Waals surface area contributed by atoms with Gasteiger partial charge in [0.25, 0.3) is 0 Å². The number of carbonyl (C=O) groups excluding carboxylic acids is 1. The molecule has 3 rings (SSSR count). The monoisotopic (exact) mass is 310 g/mol. The van der Waals surface area contributed by atoms with Crippen molar-refractivity contribution in [3.63, 3.8) is 0 Å². The highest BCUT2D eigenvalue weighted by molar-refractivity contribution is 5.76. The standard InChI is InChI=1S/C19H22N2O2/c20-19(22)16-9-11-21(12-10-16)14-15-5-4-8-18(13-15)23-17-6-2-1-3-7-17/h1-8,13,16H,9-12,14H2,(H2,20,22). The van der Waals surface area contributed by atoms with E-state index in [4.69, 9.17) is 10.5 Å². The normalized spacial score (nSPS) is 16.2. The molecule has 1 aliphatic rings. The number of rotatable bonds is 5. The summed E-state index contributed by atoms with van der Waals surface area (Å²) in [6.07, 6.45) is 1.71. The molecule has 2 aromatic rings. The van der Waals surface area contributed by atoms with Crippen molar-refractivity contribution >= 4 is 5.91 Å². The summed E-state index contributed by atoms with van der Waals surface area (Å²) in [5.74, 6) is 1.56. The van der Waals surface area contributed by atoms with E-state index in [-0.39, 0.29) is 11.8 Å². The number of primary amides is 1. The summed E-state index contributed by atoms with van der Waals surface area (Å²) in [6, 6.07) is 18.0. The molecule has 0 atom stereocenters. The number of nitrogens with two attached hydrogens (primary N) is 1. The molecule has 1 aliphatic heterocycles. The second-order valence-electron chi connectivity index (χ2n) is 6.02. The van der Waals surface area contributed by atoms with E-state index in [2.05, 4.69) is 17.0 Å². The Bertz CT molecular complexity index is 649. The van der Waals surface area contributed by atoms with E-state index in [1.807, 2.05) is 42.5 Å². The number of hydrogen-bond donors (Lipinski definition) is 1. The van der Waals surface area contributed by atoms with E-state index in [1.165, 1.54) is 5.56 Å². The summed E-state index contributed by atoms with van der Waals surface area (Å²) >= 11 is 0. The van der Waals surface area contributed by atoms with Crippen molar-refractivity contribution < 1.29 is 9.53 Å². The number of carbonyl (C=O) groups is 1. The van der Waals surface area contributed by atoms with Gasteiger partial charge < -0.3 is 10.5 Å². The zero-order valence-corrected chi connectivity index (χ0v) is 13.2. The lowest BCUT2D eigenvalue weighted by Gasteiger charge is -2.30. The Morgan fingerprint density at radius 3 is 2.43 bits per heavy atom. The molecule has 0 aromatic heterocycles. The van der Waals surface area contributed by atoms with Crippen molar-refractivity contribution in [2.75, 3.05) is 13.1 Å². The highest BCUT2D eigenvalue weighted by Crippen LogP contribution is 2.24. The molecule has 0 aliphatic carbocycles. The minimum absolute atomic E-state index is 0.0407. The Hall–Kier alpha value is -2.33. The molecular weight excluding hydrogens is 288 g/mol. The first-order chi connectivity index (χ1) is 11.2. The van der Waals surface area contributed by atoms with E-state index >= 15 is 0 Å². The van der Waals surface area contributed by atoms with Crippen LogP contribution in [0.5, 0.6) is 11.5 Å². The first-order valence-corrected chi connectivity index (χ1v) is 8.04. The summed E-state index contributed by atoms with van der Waals surface area (Å²) in [5, 5.41) is 0. The van der Waals surface area contributed by atoms with E-state index in [9.17, 15) is 4.79 Å². The van der Waals surface area contributed by atoms with Gasteiger partial charge in [-0.15, -0.1) is 0 Å². The number of ether oxygens (including phenoxy) is 1. The molecule has 1 heterocycles. The molecule has 120 valence electrons. The van der Waals surface area contributed by atoms with Gasteiger partial charge in [0.1, 0.15) is 11.5 Å². The van der Waals surface area contributed by atoms with Gasteiger partial charge in [-0.2, -0.15) is 0 Å². The predicted octanol–water partition coefficient (Wildman–Crippen LogP) is 3.18. The van der Waals surface area contributed by atoms with Gasteiger partial charge in [0, 0.05) is 12.5 Å². The number of amides is 1. The van der Waals surface area contributed by atoms with E-state index < -0.39 is 0 Å². The van der Waals surface area contributed by atoms with Crippen LogP contribution in [0.15, 0.2) is 54.6 Å². The fourth-order valence-electron chi connectivity index (χ4n) is 2.97. The van der Waals surface area contributed by atoms with Crippen LogP contribution in [-0.2, 0) is 11.3 Å². The van der Waals surface area contributed by atoms with Gasteiger partial charge >= 0.3 is 0 Å². The number of likely N-dealkylation sites (tertiary alicyclic amines) is 1. The zero-order valence-electron chi connectivity index (χ0n) is 13.2. The number of para-hydroxylation sites is 1. The fraction of sp³-hybridized carbons (Fsp3) is 0.316. The van der Waals surface area contributed by atoms with Crippen molar-refractivity contribution in [1.29, 1.82) is 0 Å². The average Bonchev–Trinajstić information content (AvgIpc) is 2.57. The lowest BCUT2D eigenvalue weighted by Crippen LogP contribution is -2.38. The smallest absolute Gasteiger partial charge is 0.220 e. The third-order valence-electron chi connectivity index (χ3n) is 4.27. The Morgan fingerprint density at radius 2 is 1.74 bits per heavy atom.